The third-order valence-corrected chi connectivity index (χ3v) is 3.83. The van der Waals surface area contributed by atoms with Crippen molar-refractivity contribution in [3.8, 4) is 0 Å². The van der Waals surface area contributed by atoms with Gasteiger partial charge < -0.3 is 5.32 Å². The summed E-state index contributed by atoms with van der Waals surface area (Å²) in [6, 6.07) is 0. The van der Waals surface area contributed by atoms with Crippen LogP contribution >= 0.6 is 15.9 Å². The van der Waals surface area contributed by atoms with Gasteiger partial charge in [0.05, 0.1) is 4.83 Å². The van der Waals surface area contributed by atoms with Crippen LogP contribution in [0, 0.1) is 5.41 Å². The second-order valence-corrected chi connectivity index (χ2v) is 5.77. The quantitative estimate of drug-likeness (QED) is 0.775. The summed E-state index contributed by atoms with van der Waals surface area (Å²) < 4.78 is 0. The summed E-state index contributed by atoms with van der Waals surface area (Å²) in [5, 5.41) is 3.03. The third-order valence-electron chi connectivity index (χ3n) is 3.41. The Bertz CT molecular complexity index is 197. The molecule has 1 atom stereocenters. The van der Waals surface area contributed by atoms with E-state index in [0.717, 1.165) is 6.54 Å². The number of carbonyl (C=O) groups is 1. The van der Waals surface area contributed by atoms with Gasteiger partial charge in [0.2, 0.25) is 5.91 Å². The number of hydrogen-bond acceptors (Lipinski definition) is 1. The predicted molar refractivity (Wildman–Crippen MR) is 62.6 cm³/mol. The Kier molecular flexibility index (Phi) is 4.42. The van der Waals surface area contributed by atoms with E-state index in [-0.39, 0.29) is 10.7 Å². The fourth-order valence-corrected chi connectivity index (χ4v) is 2.36. The lowest BCUT2D eigenvalue weighted by Gasteiger charge is -2.27. The molecule has 0 aromatic carbocycles. The molecule has 0 heterocycles. The van der Waals surface area contributed by atoms with Crippen LogP contribution in [0.2, 0.25) is 0 Å². The second kappa shape index (κ2) is 5.15. The van der Waals surface area contributed by atoms with Crippen molar-refractivity contribution in [2.24, 2.45) is 5.41 Å². The van der Waals surface area contributed by atoms with Gasteiger partial charge in [0, 0.05) is 6.54 Å². The van der Waals surface area contributed by atoms with Gasteiger partial charge in [-0.1, -0.05) is 35.7 Å². The highest BCUT2D eigenvalue weighted by molar-refractivity contribution is 9.10. The summed E-state index contributed by atoms with van der Waals surface area (Å²) in [5.41, 5.74) is 0.400. The van der Waals surface area contributed by atoms with Crippen LogP contribution in [0.15, 0.2) is 0 Å². The normalized spacial score (nSPS) is 21.9. The Morgan fingerprint density at radius 2 is 2.07 bits per heavy atom. The smallest absolute Gasteiger partial charge is 0.233 e. The highest BCUT2D eigenvalue weighted by atomic mass is 79.9. The molecule has 14 heavy (non-hydrogen) atoms. The van der Waals surface area contributed by atoms with Crippen molar-refractivity contribution in [3.63, 3.8) is 0 Å². The minimum atomic E-state index is -0.0715. The Labute approximate surface area is 95.0 Å². The van der Waals surface area contributed by atoms with Crippen LogP contribution in [0.1, 0.15) is 46.0 Å². The van der Waals surface area contributed by atoms with E-state index in [0.29, 0.717) is 5.41 Å². The zero-order chi connectivity index (χ0) is 10.6. The molecule has 1 fully saturated rings. The van der Waals surface area contributed by atoms with Gasteiger partial charge >= 0.3 is 0 Å². The molecule has 0 aromatic heterocycles. The standard InChI is InChI=1S/C11H20BrNO/c1-3-11(6-4-5-7-11)8-13-10(14)9(2)12/h9H,3-8H2,1-2H3,(H,13,14). The van der Waals surface area contributed by atoms with Crippen molar-refractivity contribution in [2.45, 2.75) is 50.8 Å². The summed E-state index contributed by atoms with van der Waals surface area (Å²) >= 11 is 3.28. The molecule has 0 aliphatic heterocycles. The molecule has 1 amide bonds. The number of alkyl halides is 1. The average Bonchev–Trinajstić information content (AvgIpc) is 2.63. The van der Waals surface area contributed by atoms with E-state index in [1.807, 2.05) is 6.92 Å². The molecule has 82 valence electrons. The monoisotopic (exact) mass is 261 g/mol. The van der Waals surface area contributed by atoms with Crippen molar-refractivity contribution in [2.75, 3.05) is 6.54 Å². The molecule has 1 N–H and O–H groups in total. The van der Waals surface area contributed by atoms with Gasteiger partial charge in [-0.2, -0.15) is 0 Å². The van der Waals surface area contributed by atoms with Gasteiger partial charge in [-0.15, -0.1) is 0 Å². The zero-order valence-electron chi connectivity index (χ0n) is 9.11. The Morgan fingerprint density at radius 1 is 1.50 bits per heavy atom. The number of nitrogens with one attached hydrogen (secondary N) is 1. The van der Waals surface area contributed by atoms with E-state index in [9.17, 15) is 4.79 Å². The van der Waals surface area contributed by atoms with Crippen LogP contribution in [-0.2, 0) is 4.79 Å². The van der Waals surface area contributed by atoms with Crippen molar-refractivity contribution >= 4 is 21.8 Å². The Morgan fingerprint density at radius 3 is 2.50 bits per heavy atom. The van der Waals surface area contributed by atoms with Crippen LogP contribution in [-0.4, -0.2) is 17.3 Å². The van der Waals surface area contributed by atoms with Gasteiger partial charge in [-0.25, -0.2) is 0 Å². The zero-order valence-corrected chi connectivity index (χ0v) is 10.7. The average molecular weight is 262 g/mol. The van der Waals surface area contributed by atoms with Crippen LogP contribution < -0.4 is 5.32 Å². The summed E-state index contributed by atoms with van der Waals surface area (Å²) in [4.78, 5) is 11.3. The lowest BCUT2D eigenvalue weighted by molar-refractivity contribution is -0.120. The van der Waals surface area contributed by atoms with E-state index < -0.39 is 0 Å². The molecule has 2 nitrogen and oxygen atoms in total. The van der Waals surface area contributed by atoms with Crippen LogP contribution in [0.5, 0.6) is 0 Å². The molecule has 3 heteroatoms. The first-order valence-electron chi connectivity index (χ1n) is 5.51. The summed E-state index contributed by atoms with van der Waals surface area (Å²) in [5.74, 6) is 0.115. The molecule has 0 radical (unpaired) electrons. The molecule has 0 saturated heterocycles. The molecule has 0 spiro atoms. The molecule has 1 rings (SSSR count). The molecule has 0 aromatic rings. The molecule has 1 saturated carbocycles. The van der Waals surface area contributed by atoms with E-state index in [2.05, 4.69) is 28.2 Å². The second-order valence-electron chi connectivity index (χ2n) is 4.39. The maximum Gasteiger partial charge on any atom is 0.233 e. The number of rotatable bonds is 4. The highest BCUT2D eigenvalue weighted by Gasteiger charge is 2.32. The van der Waals surface area contributed by atoms with Crippen molar-refractivity contribution in [1.29, 1.82) is 0 Å². The molecular formula is C11H20BrNO. The van der Waals surface area contributed by atoms with Gasteiger partial charge in [-0.3, -0.25) is 4.79 Å². The van der Waals surface area contributed by atoms with Gasteiger partial charge in [0.15, 0.2) is 0 Å². The van der Waals surface area contributed by atoms with Crippen molar-refractivity contribution in [1.82, 2.24) is 5.32 Å². The van der Waals surface area contributed by atoms with Crippen molar-refractivity contribution in [3.05, 3.63) is 0 Å². The lowest BCUT2D eigenvalue weighted by atomic mass is 9.83. The maximum absolute atomic E-state index is 11.4. The van der Waals surface area contributed by atoms with E-state index in [4.69, 9.17) is 0 Å². The minimum Gasteiger partial charge on any atom is -0.355 e. The fraction of sp³-hybridized carbons (Fsp3) is 0.909. The SMILES string of the molecule is CCC1(CNC(=O)C(C)Br)CCCC1. The van der Waals surface area contributed by atoms with Crippen LogP contribution in [0.25, 0.3) is 0 Å². The largest absolute Gasteiger partial charge is 0.355 e. The van der Waals surface area contributed by atoms with Crippen LogP contribution in [0.4, 0.5) is 0 Å². The predicted octanol–water partition coefficient (Wildman–Crippen LogP) is 2.86. The summed E-state index contributed by atoms with van der Waals surface area (Å²) in [6.45, 7) is 4.95. The fourth-order valence-electron chi connectivity index (χ4n) is 2.20. The molecule has 1 unspecified atom stereocenters. The molecular weight excluding hydrogens is 242 g/mol. The van der Waals surface area contributed by atoms with E-state index >= 15 is 0 Å². The molecule has 0 bridgehead atoms. The number of halogens is 1. The lowest BCUT2D eigenvalue weighted by Crippen LogP contribution is -2.38. The first-order valence-corrected chi connectivity index (χ1v) is 6.43. The summed E-state index contributed by atoms with van der Waals surface area (Å²) in [7, 11) is 0. The highest BCUT2D eigenvalue weighted by Crippen LogP contribution is 2.40. The summed E-state index contributed by atoms with van der Waals surface area (Å²) in [6.07, 6.45) is 6.39. The van der Waals surface area contributed by atoms with E-state index in [1.54, 1.807) is 0 Å². The van der Waals surface area contributed by atoms with Crippen LogP contribution in [0.3, 0.4) is 0 Å². The van der Waals surface area contributed by atoms with Gasteiger partial charge in [0.25, 0.3) is 0 Å². The maximum atomic E-state index is 11.4. The van der Waals surface area contributed by atoms with Gasteiger partial charge in [0.1, 0.15) is 0 Å². The number of amides is 1. The molecule has 1 aliphatic rings. The topological polar surface area (TPSA) is 29.1 Å². The van der Waals surface area contributed by atoms with Gasteiger partial charge in [-0.05, 0) is 31.6 Å². The minimum absolute atomic E-state index is 0.0715. The third kappa shape index (κ3) is 2.97. The van der Waals surface area contributed by atoms with Crippen molar-refractivity contribution < 1.29 is 4.79 Å². The van der Waals surface area contributed by atoms with E-state index in [1.165, 1.54) is 32.1 Å². The number of hydrogen-bond donors (Lipinski definition) is 1. The number of carbonyl (C=O) groups excluding carboxylic acids is 1. The Hall–Kier alpha value is -0.0500. The molecule has 1 aliphatic carbocycles. The Balaban J connectivity index is 2.38. The first-order chi connectivity index (χ1) is 6.59. The first kappa shape index (κ1) is 12.0.